The van der Waals surface area contributed by atoms with Gasteiger partial charge in [0.2, 0.25) is 5.91 Å². The minimum Gasteiger partial charge on any atom is -0.348 e. The zero-order chi connectivity index (χ0) is 21.1. The Bertz CT molecular complexity index is 1170. The average Bonchev–Trinajstić information content (AvgIpc) is 3.08. The number of halogens is 1. The van der Waals surface area contributed by atoms with E-state index in [1.807, 2.05) is 50.2 Å². The van der Waals surface area contributed by atoms with Crippen molar-refractivity contribution in [1.82, 2.24) is 20.1 Å². The lowest BCUT2D eigenvalue weighted by molar-refractivity contribution is -0.122. The van der Waals surface area contributed by atoms with E-state index in [0.717, 1.165) is 34.2 Å². The zero-order valence-electron chi connectivity index (χ0n) is 17.0. The Balaban J connectivity index is 1.61. The summed E-state index contributed by atoms with van der Waals surface area (Å²) in [6.45, 7) is 4.01. The maximum absolute atomic E-state index is 13.3. The lowest BCUT2D eigenvalue weighted by atomic mass is 10.0. The molecular weight excluding hydrogens is 379 g/mol. The van der Waals surface area contributed by atoms with Gasteiger partial charge in [0.05, 0.1) is 11.7 Å². The maximum atomic E-state index is 13.3. The van der Waals surface area contributed by atoms with Crippen molar-refractivity contribution in [3.8, 4) is 11.1 Å². The number of hydrogen-bond acceptors (Lipinski definition) is 3. The minimum atomic E-state index is -0.281. The summed E-state index contributed by atoms with van der Waals surface area (Å²) in [4.78, 5) is 17.2. The summed E-state index contributed by atoms with van der Waals surface area (Å²) in [5.41, 5.74) is 4.29. The molecule has 0 aliphatic carbocycles. The van der Waals surface area contributed by atoms with Crippen LogP contribution in [0, 0.1) is 12.7 Å². The highest BCUT2D eigenvalue weighted by atomic mass is 19.1. The highest BCUT2D eigenvalue weighted by Gasteiger charge is 2.18. The Hall–Kier alpha value is -3.54. The second kappa shape index (κ2) is 8.45. The van der Waals surface area contributed by atoms with Crippen LogP contribution in [0.15, 0.2) is 66.9 Å². The van der Waals surface area contributed by atoms with E-state index >= 15 is 0 Å². The van der Waals surface area contributed by atoms with Gasteiger partial charge >= 0.3 is 0 Å². The van der Waals surface area contributed by atoms with Crippen LogP contribution >= 0.6 is 0 Å². The summed E-state index contributed by atoms with van der Waals surface area (Å²) in [5.74, 6) is -0.402. The molecule has 4 rings (SSSR count). The number of benzene rings is 2. The van der Waals surface area contributed by atoms with Gasteiger partial charge < -0.3 is 5.32 Å². The first kappa shape index (κ1) is 19.8. The Kier molecular flexibility index (Phi) is 5.57. The zero-order valence-corrected chi connectivity index (χ0v) is 17.0. The van der Waals surface area contributed by atoms with Crippen molar-refractivity contribution < 1.29 is 9.18 Å². The standard InChI is InChI=1S/C24H23FN4O/c1-3-21(18-7-5-4-6-8-18)27-22(30)15-29-24-23(16(2)28-29)20(13-14-26-24)17-9-11-19(25)12-10-17/h4-14,21H,3,15H2,1-2H3,(H,27,30). The summed E-state index contributed by atoms with van der Waals surface area (Å²) < 4.78 is 15.0. The summed E-state index contributed by atoms with van der Waals surface area (Å²) in [6.07, 6.45) is 2.48. The molecule has 0 spiro atoms. The Labute approximate surface area is 174 Å². The molecule has 4 aromatic rings. The summed E-state index contributed by atoms with van der Waals surface area (Å²) in [5, 5.41) is 8.51. The summed E-state index contributed by atoms with van der Waals surface area (Å²) in [7, 11) is 0. The Morgan fingerprint density at radius 2 is 1.83 bits per heavy atom. The van der Waals surface area contributed by atoms with Gasteiger partial charge in [-0.25, -0.2) is 14.1 Å². The molecule has 6 heteroatoms. The normalized spacial score (nSPS) is 12.1. The highest BCUT2D eigenvalue weighted by molar-refractivity contribution is 5.95. The first-order valence-corrected chi connectivity index (χ1v) is 9.99. The molecule has 0 bridgehead atoms. The Morgan fingerprint density at radius 1 is 1.10 bits per heavy atom. The number of pyridine rings is 1. The SMILES string of the molecule is CCC(NC(=O)Cn1nc(C)c2c(-c3ccc(F)cc3)ccnc21)c1ccccc1. The van der Waals surface area contributed by atoms with Gasteiger partial charge in [-0.2, -0.15) is 5.10 Å². The van der Waals surface area contributed by atoms with E-state index in [4.69, 9.17) is 0 Å². The van der Waals surface area contributed by atoms with Crippen molar-refractivity contribution in [2.45, 2.75) is 32.9 Å². The highest BCUT2D eigenvalue weighted by Crippen LogP contribution is 2.30. The van der Waals surface area contributed by atoms with Gasteiger partial charge in [0, 0.05) is 11.6 Å². The van der Waals surface area contributed by atoms with E-state index in [1.54, 1.807) is 23.0 Å². The number of carbonyl (C=O) groups excluding carboxylic acids is 1. The third-order valence-electron chi connectivity index (χ3n) is 5.20. The third-order valence-corrected chi connectivity index (χ3v) is 5.20. The largest absolute Gasteiger partial charge is 0.348 e. The van der Waals surface area contributed by atoms with Crippen molar-refractivity contribution in [3.05, 3.63) is 83.9 Å². The molecule has 1 N–H and O–H groups in total. The number of aryl methyl sites for hydroxylation is 1. The number of hydrogen-bond donors (Lipinski definition) is 1. The molecule has 1 amide bonds. The number of nitrogens with one attached hydrogen (secondary N) is 1. The molecule has 0 saturated carbocycles. The van der Waals surface area contributed by atoms with Crippen molar-refractivity contribution in [2.24, 2.45) is 0 Å². The van der Waals surface area contributed by atoms with Crippen LogP contribution in [0.25, 0.3) is 22.2 Å². The van der Waals surface area contributed by atoms with Crippen molar-refractivity contribution >= 4 is 16.9 Å². The fourth-order valence-electron chi connectivity index (χ4n) is 3.74. The first-order valence-electron chi connectivity index (χ1n) is 9.99. The number of carbonyl (C=O) groups is 1. The molecule has 2 aromatic carbocycles. The molecule has 5 nitrogen and oxygen atoms in total. The van der Waals surface area contributed by atoms with Crippen molar-refractivity contribution in [3.63, 3.8) is 0 Å². The fourth-order valence-corrected chi connectivity index (χ4v) is 3.74. The fraction of sp³-hybridized carbons (Fsp3) is 0.208. The molecule has 30 heavy (non-hydrogen) atoms. The van der Waals surface area contributed by atoms with Gasteiger partial charge in [-0.3, -0.25) is 4.79 Å². The van der Waals surface area contributed by atoms with Crippen molar-refractivity contribution in [2.75, 3.05) is 0 Å². The van der Waals surface area contributed by atoms with Crippen LogP contribution in [0.4, 0.5) is 4.39 Å². The molecule has 0 saturated heterocycles. The molecule has 0 fully saturated rings. The lowest BCUT2D eigenvalue weighted by Crippen LogP contribution is -2.31. The maximum Gasteiger partial charge on any atom is 0.242 e. The monoisotopic (exact) mass is 402 g/mol. The van der Waals surface area contributed by atoms with Crippen LogP contribution in [-0.4, -0.2) is 20.7 Å². The average molecular weight is 402 g/mol. The van der Waals surface area contributed by atoms with Crippen LogP contribution in [0.1, 0.15) is 30.6 Å². The Morgan fingerprint density at radius 3 is 2.53 bits per heavy atom. The first-order chi connectivity index (χ1) is 14.6. The molecule has 1 atom stereocenters. The van der Waals surface area contributed by atoms with Crippen LogP contribution in [0.3, 0.4) is 0 Å². The van der Waals surface area contributed by atoms with Gasteiger partial charge in [-0.05, 0) is 48.2 Å². The molecule has 0 aliphatic rings. The van der Waals surface area contributed by atoms with E-state index in [1.165, 1.54) is 12.1 Å². The van der Waals surface area contributed by atoms with Crippen LogP contribution in [0.2, 0.25) is 0 Å². The molecule has 2 aromatic heterocycles. The van der Waals surface area contributed by atoms with E-state index in [0.29, 0.717) is 5.65 Å². The van der Waals surface area contributed by atoms with Gasteiger partial charge in [0.15, 0.2) is 5.65 Å². The van der Waals surface area contributed by atoms with E-state index in [-0.39, 0.29) is 24.3 Å². The lowest BCUT2D eigenvalue weighted by Gasteiger charge is -2.17. The topological polar surface area (TPSA) is 59.8 Å². The van der Waals surface area contributed by atoms with Gasteiger partial charge in [-0.1, -0.05) is 49.4 Å². The van der Waals surface area contributed by atoms with Gasteiger partial charge in [0.25, 0.3) is 0 Å². The van der Waals surface area contributed by atoms with E-state index in [9.17, 15) is 9.18 Å². The van der Waals surface area contributed by atoms with Gasteiger partial charge in [-0.15, -0.1) is 0 Å². The smallest absolute Gasteiger partial charge is 0.242 e. The quantitative estimate of drug-likeness (QED) is 0.503. The van der Waals surface area contributed by atoms with Crippen molar-refractivity contribution in [1.29, 1.82) is 0 Å². The number of fused-ring (bicyclic) bond motifs is 1. The summed E-state index contributed by atoms with van der Waals surface area (Å²) in [6, 6.07) is 18.1. The molecule has 0 aliphatic heterocycles. The predicted octanol–water partition coefficient (Wildman–Crippen LogP) is 4.81. The minimum absolute atomic E-state index is 0.0515. The molecule has 1 unspecified atom stereocenters. The third kappa shape index (κ3) is 3.94. The molecule has 152 valence electrons. The number of rotatable bonds is 6. The number of aromatic nitrogens is 3. The van der Waals surface area contributed by atoms with Crippen LogP contribution in [0.5, 0.6) is 0 Å². The van der Waals surface area contributed by atoms with E-state index < -0.39 is 0 Å². The summed E-state index contributed by atoms with van der Waals surface area (Å²) >= 11 is 0. The number of nitrogens with zero attached hydrogens (tertiary/aromatic N) is 3. The predicted molar refractivity (Wildman–Crippen MR) is 115 cm³/mol. The van der Waals surface area contributed by atoms with E-state index in [2.05, 4.69) is 15.4 Å². The van der Waals surface area contributed by atoms with Crippen LogP contribution < -0.4 is 5.32 Å². The second-order valence-electron chi connectivity index (χ2n) is 7.25. The number of amides is 1. The molecular formula is C24H23FN4O. The second-order valence-corrected chi connectivity index (χ2v) is 7.25. The van der Waals surface area contributed by atoms with Crippen LogP contribution in [-0.2, 0) is 11.3 Å². The molecule has 0 radical (unpaired) electrons. The van der Waals surface area contributed by atoms with Gasteiger partial charge in [0.1, 0.15) is 12.4 Å². The molecule has 2 heterocycles.